The molecule has 0 bridgehead atoms. The van der Waals surface area contributed by atoms with Crippen LogP contribution in [0.3, 0.4) is 0 Å². The summed E-state index contributed by atoms with van der Waals surface area (Å²) in [5, 5.41) is 0. The maximum Gasteiger partial charge on any atom is 0.119 e. The van der Waals surface area contributed by atoms with Gasteiger partial charge in [0.2, 0.25) is 0 Å². The summed E-state index contributed by atoms with van der Waals surface area (Å²) in [6, 6.07) is 8.67. The van der Waals surface area contributed by atoms with Gasteiger partial charge in [-0.1, -0.05) is 64.5 Å². The van der Waals surface area contributed by atoms with Crippen molar-refractivity contribution in [3.05, 3.63) is 29.8 Å². The number of hydrogen-bond acceptors (Lipinski definition) is 1. The molecule has 1 nitrogen and oxygen atoms in total. The van der Waals surface area contributed by atoms with Gasteiger partial charge in [0, 0.05) is 0 Å². The number of aryl methyl sites for hydroxylation is 1. The van der Waals surface area contributed by atoms with Crippen LogP contribution in [-0.2, 0) is 6.42 Å². The van der Waals surface area contributed by atoms with Crippen LogP contribution in [0.2, 0.25) is 0 Å². The van der Waals surface area contributed by atoms with Gasteiger partial charge in [0.15, 0.2) is 0 Å². The summed E-state index contributed by atoms with van der Waals surface area (Å²) in [6.07, 6.45) is 11.6. The maximum atomic E-state index is 5.75. The van der Waals surface area contributed by atoms with Crippen LogP contribution < -0.4 is 4.74 Å². The van der Waals surface area contributed by atoms with Crippen molar-refractivity contribution in [2.24, 2.45) is 0 Å². The van der Waals surface area contributed by atoms with Crippen molar-refractivity contribution < 1.29 is 4.74 Å². The molecule has 0 aliphatic carbocycles. The van der Waals surface area contributed by atoms with Crippen molar-refractivity contribution in [3.63, 3.8) is 0 Å². The van der Waals surface area contributed by atoms with E-state index in [0.717, 1.165) is 12.4 Å². The van der Waals surface area contributed by atoms with Crippen LogP contribution in [0.1, 0.15) is 70.8 Å². The van der Waals surface area contributed by atoms with Gasteiger partial charge in [0.1, 0.15) is 5.75 Å². The summed E-state index contributed by atoms with van der Waals surface area (Å²) < 4.78 is 5.75. The molecule has 0 spiro atoms. The van der Waals surface area contributed by atoms with Crippen molar-refractivity contribution in [2.45, 2.75) is 71.6 Å². The van der Waals surface area contributed by atoms with E-state index in [4.69, 9.17) is 4.74 Å². The van der Waals surface area contributed by atoms with Gasteiger partial charge in [0.05, 0.1) is 6.61 Å². The molecular formula is C18H30O. The predicted octanol–water partition coefficient (Wildman–Crippen LogP) is 5.77. The van der Waals surface area contributed by atoms with E-state index >= 15 is 0 Å². The fourth-order valence-electron chi connectivity index (χ4n) is 2.23. The molecule has 1 rings (SSSR count). The SMILES string of the molecule is CCCCCCOc1ccc(CCCCCC)cc1. The lowest BCUT2D eigenvalue weighted by Gasteiger charge is -2.07. The van der Waals surface area contributed by atoms with Crippen molar-refractivity contribution in [1.29, 1.82) is 0 Å². The quantitative estimate of drug-likeness (QED) is 0.460. The topological polar surface area (TPSA) is 9.23 Å². The highest BCUT2D eigenvalue weighted by Gasteiger charge is 1.96. The highest BCUT2D eigenvalue weighted by Crippen LogP contribution is 2.15. The molecule has 0 saturated carbocycles. The highest BCUT2D eigenvalue weighted by molar-refractivity contribution is 5.27. The Morgan fingerprint density at radius 1 is 0.737 bits per heavy atom. The first kappa shape index (κ1) is 16.1. The van der Waals surface area contributed by atoms with E-state index in [-0.39, 0.29) is 0 Å². The number of benzene rings is 1. The summed E-state index contributed by atoms with van der Waals surface area (Å²) in [5.74, 6) is 1.02. The summed E-state index contributed by atoms with van der Waals surface area (Å²) >= 11 is 0. The molecule has 108 valence electrons. The Bertz CT molecular complexity index is 302. The van der Waals surface area contributed by atoms with Crippen LogP contribution >= 0.6 is 0 Å². The lowest BCUT2D eigenvalue weighted by molar-refractivity contribution is 0.305. The first-order valence-electron chi connectivity index (χ1n) is 8.08. The van der Waals surface area contributed by atoms with Crippen molar-refractivity contribution >= 4 is 0 Å². The zero-order valence-electron chi connectivity index (χ0n) is 12.8. The van der Waals surface area contributed by atoms with E-state index in [1.54, 1.807) is 0 Å². The van der Waals surface area contributed by atoms with Crippen LogP contribution in [-0.4, -0.2) is 6.61 Å². The Kier molecular flexibility index (Phi) is 9.22. The number of rotatable bonds is 11. The normalized spacial score (nSPS) is 10.6. The van der Waals surface area contributed by atoms with Gasteiger partial charge in [-0.25, -0.2) is 0 Å². The van der Waals surface area contributed by atoms with Crippen molar-refractivity contribution in [1.82, 2.24) is 0 Å². The third-order valence-electron chi connectivity index (χ3n) is 3.51. The second-order valence-corrected chi connectivity index (χ2v) is 5.36. The molecule has 19 heavy (non-hydrogen) atoms. The Labute approximate surface area is 119 Å². The van der Waals surface area contributed by atoms with Gasteiger partial charge < -0.3 is 4.74 Å². The number of hydrogen-bond donors (Lipinski definition) is 0. The average Bonchev–Trinajstić information content (AvgIpc) is 2.45. The van der Waals surface area contributed by atoms with E-state index in [1.807, 2.05) is 0 Å². The largest absolute Gasteiger partial charge is 0.494 e. The van der Waals surface area contributed by atoms with Crippen LogP contribution in [0.15, 0.2) is 24.3 Å². The fraction of sp³-hybridized carbons (Fsp3) is 0.667. The van der Waals surface area contributed by atoms with Gasteiger partial charge in [-0.3, -0.25) is 0 Å². The van der Waals surface area contributed by atoms with E-state index in [9.17, 15) is 0 Å². The molecule has 0 fully saturated rings. The Balaban J connectivity index is 2.16. The lowest BCUT2D eigenvalue weighted by atomic mass is 10.1. The first-order chi connectivity index (χ1) is 9.36. The van der Waals surface area contributed by atoms with Gasteiger partial charge in [0.25, 0.3) is 0 Å². The summed E-state index contributed by atoms with van der Waals surface area (Å²) in [4.78, 5) is 0. The second kappa shape index (κ2) is 10.9. The van der Waals surface area contributed by atoms with Crippen LogP contribution in [0, 0.1) is 0 Å². The van der Waals surface area contributed by atoms with Crippen LogP contribution in [0.25, 0.3) is 0 Å². The minimum Gasteiger partial charge on any atom is -0.494 e. The molecule has 0 amide bonds. The van der Waals surface area contributed by atoms with Crippen LogP contribution in [0.4, 0.5) is 0 Å². The molecule has 0 aliphatic heterocycles. The summed E-state index contributed by atoms with van der Waals surface area (Å²) in [5.41, 5.74) is 1.44. The molecule has 0 aliphatic rings. The fourth-order valence-corrected chi connectivity index (χ4v) is 2.23. The van der Waals surface area contributed by atoms with Crippen molar-refractivity contribution in [2.75, 3.05) is 6.61 Å². The molecule has 0 aromatic heterocycles. The van der Waals surface area contributed by atoms with Gasteiger partial charge >= 0.3 is 0 Å². The molecule has 1 aromatic carbocycles. The van der Waals surface area contributed by atoms with E-state index in [0.29, 0.717) is 0 Å². The minimum absolute atomic E-state index is 0.857. The third-order valence-corrected chi connectivity index (χ3v) is 3.51. The summed E-state index contributed by atoms with van der Waals surface area (Å²) in [7, 11) is 0. The molecule has 1 heteroatoms. The molecule has 0 heterocycles. The molecule has 1 aromatic rings. The maximum absolute atomic E-state index is 5.75. The Hall–Kier alpha value is -0.980. The summed E-state index contributed by atoms with van der Waals surface area (Å²) in [6.45, 7) is 5.35. The van der Waals surface area contributed by atoms with Gasteiger partial charge in [-0.15, -0.1) is 0 Å². The molecule has 0 unspecified atom stereocenters. The number of unbranched alkanes of at least 4 members (excludes halogenated alkanes) is 6. The van der Waals surface area contributed by atoms with E-state index in [1.165, 1.54) is 63.4 Å². The Morgan fingerprint density at radius 2 is 1.37 bits per heavy atom. The highest BCUT2D eigenvalue weighted by atomic mass is 16.5. The zero-order chi connectivity index (χ0) is 13.8. The molecular weight excluding hydrogens is 232 g/mol. The van der Waals surface area contributed by atoms with Gasteiger partial charge in [-0.2, -0.15) is 0 Å². The molecule has 0 atom stereocenters. The second-order valence-electron chi connectivity index (χ2n) is 5.36. The molecule has 0 N–H and O–H groups in total. The van der Waals surface area contributed by atoms with E-state index in [2.05, 4.69) is 38.1 Å². The molecule has 0 radical (unpaired) electrons. The van der Waals surface area contributed by atoms with E-state index < -0.39 is 0 Å². The predicted molar refractivity (Wildman–Crippen MR) is 83.9 cm³/mol. The third kappa shape index (κ3) is 7.92. The van der Waals surface area contributed by atoms with Crippen LogP contribution in [0.5, 0.6) is 5.75 Å². The number of ether oxygens (including phenoxy) is 1. The zero-order valence-corrected chi connectivity index (χ0v) is 12.8. The monoisotopic (exact) mass is 262 g/mol. The smallest absolute Gasteiger partial charge is 0.119 e. The van der Waals surface area contributed by atoms with Crippen molar-refractivity contribution in [3.8, 4) is 5.75 Å². The first-order valence-corrected chi connectivity index (χ1v) is 8.08. The average molecular weight is 262 g/mol. The standard InChI is InChI=1S/C18H30O/c1-3-5-7-9-11-17-12-14-18(15-13-17)19-16-10-8-6-4-2/h12-15H,3-11,16H2,1-2H3. The molecule has 0 saturated heterocycles. The lowest BCUT2D eigenvalue weighted by Crippen LogP contribution is -1.97. The van der Waals surface area contributed by atoms with Gasteiger partial charge in [-0.05, 0) is 37.0 Å². The Morgan fingerprint density at radius 3 is 2.00 bits per heavy atom. The minimum atomic E-state index is 0.857.